The van der Waals surface area contributed by atoms with Crippen molar-refractivity contribution in [3.8, 4) is 0 Å². The molecule has 5 nitrogen and oxygen atoms in total. The van der Waals surface area contributed by atoms with Gasteiger partial charge in [-0.15, -0.1) is 0 Å². The number of amides is 1. The molecule has 0 saturated heterocycles. The van der Waals surface area contributed by atoms with E-state index in [9.17, 15) is 4.79 Å². The standard InChI is InChI=1S/C12H13ClN4OS/c1-17(7-2-3-7)10(18)6-14-11-8(13)4-5-9-12(11)16-19-15-9/h4-5,7,14H,2-3,6H2,1H3. The number of carbonyl (C=O) groups excluding carboxylic acids is 1. The third-order valence-electron chi connectivity index (χ3n) is 3.28. The monoisotopic (exact) mass is 296 g/mol. The Hall–Kier alpha value is -1.40. The van der Waals surface area contributed by atoms with Gasteiger partial charge >= 0.3 is 0 Å². The molecule has 0 atom stereocenters. The molecule has 1 aromatic heterocycles. The van der Waals surface area contributed by atoms with E-state index in [1.807, 2.05) is 13.1 Å². The van der Waals surface area contributed by atoms with Gasteiger partial charge in [0.2, 0.25) is 5.91 Å². The summed E-state index contributed by atoms with van der Waals surface area (Å²) in [6.07, 6.45) is 2.21. The van der Waals surface area contributed by atoms with Crippen LogP contribution in [0.15, 0.2) is 12.1 Å². The first-order valence-electron chi connectivity index (χ1n) is 6.07. The molecule has 0 radical (unpaired) electrons. The van der Waals surface area contributed by atoms with E-state index in [0.717, 1.165) is 35.6 Å². The molecule has 1 aliphatic rings. The van der Waals surface area contributed by atoms with E-state index >= 15 is 0 Å². The van der Waals surface area contributed by atoms with Crippen molar-refractivity contribution in [1.29, 1.82) is 0 Å². The Balaban J connectivity index is 1.75. The number of hydrogen-bond acceptors (Lipinski definition) is 5. The van der Waals surface area contributed by atoms with Crippen LogP contribution in [0.4, 0.5) is 5.69 Å². The van der Waals surface area contributed by atoms with Gasteiger partial charge in [-0.05, 0) is 25.0 Å². The Labute approximate surface area is 119 Å². The van der Waals surface area contributed by atoms with Crippen LogP contribution in [-0.2, 0) is 4.79 Å². The van der Waals surface area contributed by atoms with Crippen LogP contribution in [0.25, 0.3) is 11.0 Å². The molecule has 1 N–H and O–H groups in total. The normalized spacial score (nSPS) is 14.6. The predicted octanol–water partition coefficient (Wildman–Crippen LogP) is 2.38. The fourth-order valence-electron chi connectivity index (χ4n) is 1.95. The van der Waals surface area contributed by atoms with Crippen molar-refractivity contribution in [3.05, 3.63) is 17.2 Å². The summed E-state index contributed by atoms with van der Waals surface area (Å²) < 4.78 is 8.37. The first-order chi connectivity index (χ1) is 9.16. The van der Waals surface area contributed by atoms with Crippen molar-refractivity contribution in [3.63, 3.8) is 0 Å². The molecule has 3 rings (SSSR count). The molecular weight excluding hydrogens is 284 g/mol. The highest BCUT2D eigenvalue weighted by Gasteiger charge is 2.29. The second kappa shape index (κ2) is 4.94. The van der Waals surface area contributed by atoms with E-state index < -0.39 is 0 Å². The SMILES string of the molecule is CN(C(=O)CNc1c(Cl)ccc2nsnc12)C1CC1. The number of aromatic nitrogens is 2. The van der Waals surface area contributed by atoms with Gasteiger partial charge in [0.15, 0.2) is 0 Å². The van der Waals surface area contributed by atoms with Gasteiger partial charge < -0.3 is 10.2 Å². The molecule has 2 aromatic rings. The third-order valence-corrected chi connectivity index (χ3v) is 4.14. The number of anilines is 1. The second-order valence-corrected chi connectivity index (χ2v) is 5.58. The number of rotatable bonds is 4. The van der Waals surface area contributed by atoms with Crippen LogP contribution in [0, 0.1) is 0 Å². The van der Waals surface area contributed by atoms with Crippen LogP contribution in [0.3, 0.4) is 0 Å². The molecule has 0 bridgehead atoms. The molecule has 0 unspecified atom stereocenters. The smallest absolute Gasteiger partial charge is 0.241 e. The van der Waals surface area contributed by atoms with Crippen molar-refractivity contribution in [1.82, 2.24) is 13.6 Å². The summed E-state index contributed by atoms with van der Waals surface area (Å²) in [6, 6.07) is 4.01. The first-order valence-corrected chi connectivity index (χ1v) is 7.18. The molecule has 0 aliphatic heterocycles. The van der Waals surface area contributed by atoms with Crippen molar-refractivity contribution in [2.45, 2.75) is 18.9 Å². The molecule has 100 valence electrons. The molecule has 1 fully saturated rings. The minimum absolute atomic E-state index is 0.0683. The topological polar surface area (TPSA) is 58.1 Å². The molecular formula is C12H13ClN4OS. The third kappa shape index (κ3) is 2.50. The highest BCUT2D eigenvalue weighted by molar-refractivity contribution is 7.00. The Morgan fingerprint density at radius 2 is 2.32 bits per heavy atom. The highest BCUT2D eigenvalue weighted by atomic mass is 35.5. The summed E-state index contributed by atoms with van der Waals surface area (Å²) in [5.41, 5.74) is 2.20. The lowest BCUT2D eigenvalue weighted by Crippen LogP contribution is -2.33. The van der Waals surface area contributed by atoms with Gasteiger partial charge in [-0.25, -0.2) is 0 Å². The lowest BCUT2D eigenvalue weighted by atomic mass is 10.2. The van der Waals surface area contributed by atoms with Crippen molar-refractivity contribution in [2.75, 3.05) is 18.9 Å². The average Bonchev–Trinajstić information content (AvgIpc) is 3.14. The van der Waals surface area contributed by atoms with Crippen LogP contribution in [-0.4, -0.2) is 39.2 Å². The van der Waals surface area contributed by atoms with Gasteiger partial charge in [-0.3, -0.25) is 4.79 Å². The molecule has 7 heteroatoms. The Morgan fingerprint density at radius 3 is 3.05 bits per heavy atom. The molecule has 1 saturated carbocycles. The van der Waals surface area contributed by atoms with Gasteiger partial charge in [-0.2, -0.15) is 8.75 Å². The van der Waals surface area contributed by atoms with Crippen LogP contribution in [0.2, 0.25) is 5.02 Å². The highest BCUT2D eigenvalue weighted by Crippen LogP contribution is 2.30. The Morgan fingerprint density at radius 1 is 1.53 bits per heavy atom. The van der Waals surface area contributed by atoms with E-state index in [2.05, 4.69) is 14.1 Å². The van der Waals surface area contributed by atoms with Gasteiger partial charge in [0.25, 0.3) is 0 Å². The van der Waals surface area contributed by atoms with Crippen LogP contribution < -0.4 is 5.32 Å². The zero-order valence-electron chi connectivity index (χ0n) is 10.4. The number of halogens is 1. The number of benzene rings is 1. The average molecular weight is 297 g/mol. The number of hydrogen-bond donors (Lipinski definition) is 1. The summed E-state index contributed by atoms with van der Waals surface area (Å²) in [4.78, 5) is 13.8. The van der Waals surface area contributed by atoms with Crippen LogP contribution >= 0.6 is 23.3 Å². The van der Waals surface area contributed by atoms with Gasteiger partial charge in [0, 0.05) is 13.1 Å². The number of fused-ring (bicyclic) bond motifs is 1. The lowest BCUT2D eigenvalue weighted by Gasteiger charge is -2.17. The molecule has 19 heavy (non-hydrogen) atoms. The lowest BCUT2D eigenvalue weighted by molar-refractivity contribution is -0.128. The summed E-state index contributed by atoms with van der Waals surface area (Å²) in [5.74, 6) is 0.0683. The molecule has 1 aliphatic carbocycles. The number of likely N-dealkylation sites (N-methyl/N-ethyl adjacent to an activating group) is 1. The largest absolute Gasteiger partial charge is 0.373 e. The maximum absolute atomic E-state index is 12.0. The van der Waals surface area contributed by atoms with Crippen molar-refractivity contribution >= 4 is 46.0 Å². The van der Waals surface area contributed by atoms with Gasteiger partial charge in [0.05, 0.1) is 29.0 Å². The molecule has 1 aromatic carbocycles. The number of nitrogens with zero attached hydrogens (tertiary/aromatic N) is 3. The van der Waals surface area contributed by atoms with Crippen molar-refractivity contribution < 1.29 is 4.79 Å². The van der Waals surface area contributed by atoms with E-state index in [1.165, 1.54) is 0 Å². The molecule has 1 amide bonds. The predicted molar refractivity (Wildman–Crippen MR) is 76.7 cm³/mol. The maximum atomic E-state index is 12.0. The van der Waals surface area contributed by atoms with E-state index in [-0.39, 0.29) is 12.5 Å². The second-order valence-electron chi connectivity index (χ2n) is 4.64. The fraction of sp³-hybridized carbons (Fsp3) is 0.417. The van der Waals surface area contributed by atoms with Gasteiger partial charge in [-0.1, -0.05) is 11.6 Å². The number of nitrogens with one attached hydrogen (secondary N) is 1. The van der Waals surface area contributed by atoms with E-state index in [0.29, 0.717) is 16.8 Å². The minimum Gasteiger partial charge on any atom is -0.373 e. The quantitative estimate of drug-likeness (QED) is 0.941. The summed E-state index contributed by atoms with van der Waals surface area (Å²) in [6.45, 7) is 0.226. The summed E-state index contributed by atoms with van der Waals surface area (Å²) in [7, 11) is 1.84. The zero-order chi connectivity index (χ0) is 13.4. The summed E-state index contributed by atoms with van der Waals surface area (Å²) in [5, 5.41) is 3.64. The van der Waals surface area contributed by atoms with Crippen molar-refractivity contribution in [2.24, 2.45) is 0 Å². The first kappa shape index (κ1) is 12.6. The van der Waals surface area contributed by atoms with E-state index in [1.54, 1.807) is 11.0 Å². The summed E-state index contributed by atoms with van der Waals surface area (Å²) >= 11 is 7.28. The maximum Gasteiger partial charge on any atom is 0.241 e. The molecule has 1 heterocycles. The van der Waals surface area contributed by atoms with Crippen LogP contribution in [0.5, 0.6) is 0 Å². The van der Waals surface area contributed by atoms with E-state index in [4.69, 9.17) is 11.6 Å². The Kier molecular flexibility index (Phi) is 3.28. The van der Waals surface area contributed by atoms with Gasteiger partial charge in [0.1, 0.15) is 11.0 Å². The zero-order valence-corrected chi connectivity index (χ0v) is 12.0. The fourth-order valence-corrected chi connectivity index (χ4v) is 2.71. The molecule has 0 spiro atoms. The number of carbonyl (C=O) groups is 1. The van der Waals surface area contributed by atoms with Crippen LogP contribution in [0.1, 0.15) is 12.8 Å². The minimum atomic E-state index is 0.0683. The Bertz CT molecular complexity index is 625.